The molecule has 0 unspecified atom stereocenters. The fourth-order valence-electron chi connectivity index (χ4n) is 3.73. The highest BCUT2D eigenvalue weighted by Crippen LogP contribution is 2.27. The smallest absolute Gasteiger partial charge is 0.368 e. The molecule has 0 atom stereocenters. The average molecular weight is 445 g/mol. The van der Waals surface area contributed by atoms with Crippen molar-refractivity contribution in [1.29, 1.82) is 0 Å². The molecule has 0 saturated carbocycles. The molecular weight excluding hydrogens is 423 g/mol. The largest absolute Gasteiger partial charge is 0.433 e. The zero-order valence-corrected chi connectivity index (χ0v) is 17.6. The van der Waals surface area contributed by atoms with Crippen molar-refractivity contribution in [3.8, 4) is 0 Å². The SMILES string of the molecule is CC(C)n1cnc2cc(N3CCN(C(=O)c4ccc(C(F)(F)F)nc4)CC3)ccc2c1=O. The molecule has 168 valence electrons. The Hall–Kier alpha value is -3.43. The first-order chi connectivity index (χ1) is 15.1. The van der Waals surface area contributed by atoms with Crippen LogP contribution in [0.1, 0.15) is 35.9 Å². The number of pyridine rings is 1. The standard InChI is InChI=1S/C22H22F3N5O2/c1-14(2)30-13-27-18-11-16(4-5-17(18)21(30)32)28-7-9-29(10-8-28)20(31)15-3-6-19(26-12-15)22(23,24)25/h3-6,11-14H,7-10H2,1-2H3. The van der Waals surface area contributed by atoms with E-state index < -0.39 is 11.9 Å². The number of piperazine rings is 1. The molecule has 7 nitrogen and oxygen atoms in total. The summed E-state index contributed by atoms with van der Waals surface area (Å²) in [6.45, 7) is 5.78. The van der Waals surface area contributed by atoms with Crippen LogP contribution in [0.5, 0.6) is 0 Å². The molecule has 0 radical (unpaired) electrons. The molecule has 2 aromatic heterocycles. The molecule has 1 fully saturated rings. The Kier molecular flexibility index (Phi) is 5.62. The van der Waals surface area contributed by atoms with Gasteiger partial charge >= 0.3 is 6.18 Å². The summed E-state index contributed by atoms with van der Waals surface area (Å²) in [5.41, 5.74) is 0.526. The van der Waals surface area contributed by atoms with Gasteiger partial charge in [-0.3, -0.25) is 19.1 Å². The fraction of sp³-hybridized carbons (Fsp3) is 0.364. The highest BCUT2D eigenvalue weighted by atomic mass is 19.4. The van der Waals surface area contributed by atoms with Gasteiger partial charge in [-0.2, -0.15) is 13.2 Å². The van der Waals surface area contributed by atoms with Crippen LogP contribution in [0.2, 0.25) is 0 Å². The highest BCUT2D eigenvalue weighted by molar-refractivity contribution is 5.94. The zero-order chi connectivity index (χ0) is 23.0. The van der Waals surface area contributed by atoms with Crippen LogP contribution in [-0.4, -0.2) is 51.5 Å². The van der Waals surface area contributed by atoms with Crippen molar-refractivity contribution in [2.75, 3.05) is 31.1 Å². The van der Waals surface area contributed by atoms with E-state index in [4.69, 9.17) is 0 Å². The third-order valence-electron chi connectivity index (χ3n) is 5.56. The summed E-state index contributed by atoms with van der Waals surface area (Å²) < 4.78 is 39.6. The van der Waals surface area contributed by atoms with Crippen LogP contribution in [0.3, 0.4) is 0 Å². The summed E-state index contributed by atoms with van der Waals surface area (Å²) in [5.74, 6) is -0.347. The number of hydrogen-bond acceptors (Lipinski definition) is 5. The Bertz CT molecular complexity index is 1200. The number of carbonyl (C=O) groups excluding carboxylic acids is 1. The number of aromatic nitrogens is 3. The van der Waals surface area contributed by atoms with Crippen LogP contribution < -0.4 is 10.5 Å². The molecule has 1 saturated heterocycles. The van der Waals surface area contributed by atoms with Crippen molar-refractivity contribution >= 4 is 22.5 Å². The third kappa shape index (κ3) is 4.17. The van der Waals surface area contributed by atoms with Gasteiger partial charge in [-0.05, 0) is 44.2 Å². The minimum atomic E-state index is -4.54. The normalized spacial score (nSPS) is 14.9. The van der Waals surface area contributed by atoms with E-state index in [1.54, 1.807) is 21.9 Å². The number of anilines is 1. The summed E-state index contributed by atoms with van der Waals surface area (Å²) in [6.07, 6.45) is -2.02. The lowest BCUT2D eigenvalue weighted by Gasteiger charge is -2.36. The molecule has 32 heavy (non-hydrogen) atoms. The molecule has 1 aromatic carbocycles. The minimum absolute atomic E-state index is 0.0181. The number of carbonyl (C=O) groups is 1. The third-order valence-corrected chi connectivity index (χ3v) is 5.56. The minimum Gasteiger partial charge on any atom is -0.368 e. The Morgan fingerprint density at radius 2 is 1.75 bits per heavy atom. The van der Waals surface area contributed by atoms with Gasteiger partial charge in [0, 0.05) is 44.1 Å². The van der Waals surface area contributed by atoms with Crippen molar-refractivity contribution < 1.29 is 18.0 Å². The molecule has 0 bridgehead atoms. The van der Waals surface area contributed by atoms with E-state index in [1.807, 2.05) is 26.0 Å². The number of alkyl halides is 3. The van der Waals surface area contributed by atoms with Gasteiger partial charge in [0.05, 0.1) is 22.8 Å². The molecule has 3 aromatic rings. The number of hydrogen-bond donors (Lipinski definition) is 0. The number of amides is 1. The summed E-state index contributed by atoms with van der Waals surface area (Å²) in [4.78, 5) is 36.7. The lowest BCUT2D eigenvalue weighted by atomic mass is 10.1. The van der Waals surface area contributed by atoms with E-state index in [0.29, 0.717) is 37.1 Å². The van der Waals surface area contributed by atoms with E-state index in [9.17, 15) is 22.8 Å². The Morgan fingerprint density at radius 3 is 2.34 bits per heavy atom. The van der Waals surface area contributed by atoms with Gasteiger partial charge in [0.15, 0.2) is 0 Å². The average Bonchev–Trinajstić information content (AvgIpc) is 2.78. The summed E-state index contributed by atoms with van der Waals surface area (Å²) in [7, 11) is 0. The Labute approximate surface area is 182 Å². The van der Waals surface area contributed by atoms with E-state index in [0.717, 1.165) is 24.0 Å². The summed E-state index contributed by atoms with van der Waals surface area (Å²) in [5, 5.41) is 0.550. The number of halogens is 3. The summed E-state index contributed by atoms with van der Waals surface area (Å²) in [6, 6.07) is 7.49. The molecule has 1 aliphatic rings. The zero-order valence-electron chi connectivity index (χ0n) is 17.6. The van der Waals surface area contributed by atoms with Crippen molar-refractivity contribution in [2.45, 2.75) is 26.1 Å². The Balaban J connectivity index is 1.45. The molecule has 1 amide bonds. The van der Waals surface area contributed by atoms with Crippen molar-refractivity contribution in [2.24, 2.45) is 0 Å². The number of rotatable bonds is 3. The molecule has 10 heteroatoms. The van der Waals surface area contributed by atoms with Crippen molar-refractivity contribution in [3.63, 3.8) is 0 Å². The van der Waals surface area contributed by atoms with Crippen LogP contribution in [-0.2, 0) is 6.18 Å². The number of fused-ring (bicyclic) bond motifs is 1. The molecular formula is C22H22F3N5O2. The van der Waals surface area contributed by atoms with Crippen molar-refractivity contribution in [1.82, 2.24) is 19.4 Å². The first-order valence-electron chi connectivity index (χ1n) is 10.2. The molecule has 0 spiro atoms. The van der Waals surface area contributed by atoms with Crippen LogP contribution in [0.15, 0.2) is 47.7 Å². The maximum Gasteiger partial charge on any atom is 0.433 e. The second-order valence-electron chi connectivity index (χ2n) is 7.96. The van der Waals surface area contributed by atoms with Gasteiger partial charge in [0.2, 0.25) is 0 Å². The lowest BCUT2D eigenvalue weighted by molar-refractivity contribution is -0.141. The predicted octanol–water partition coefficient (Wildman–Crippen LogP) is 3.35. The molecule has 0 aliphatic carbocycles. The summed E-state index contributed by atoms with van der Waals surface area (Å²) >= 11 is 0. The van der Waals surface area contributed by atoms with Gasteiger partial charge in [-0.15, -0.1) is 0 Å². The van der Waals surface area contributed by atoms with Gasteiger partial charge in [-0.25, -0.2) is 4.98 Å². The van der Waals surface area contributed by atoms with Crippen LogP contribution in [0.25, 0.3) is 10.9 Å². The molecule has 4 rings (SSSR count). The molecule has 0 N–H and O–H groups in total. The number of benzene rings is 1. The second-order valence-corrected chi connectivity index (χ2v) is 7.96. The van der Waals surface area contributed by atoms with Gasteiger partial charge in [0.25, 0.3) is 11.5 Å². The maximum atomic E-state index is 12.7. The molecule has 3 heterocycles. The van der Waals surface area contributed by atoms with Gasteiger partial charge in [-0.1, -0.05) is 0 Å². The van der Waals surface area contributed by atoms with E-state index in [1.165, 1.54) is 0 Å². The van der Waals surface area contributed by atoms with Crippen molar-refractivity contribution in [3.05, 3.63) is 64.5 Å². The monoisotopic (exact) mass is 445 g/mol. The van der Waals surface area contributed by atoms with Crippen LogP contribution in [0.4, 0.5) is 18.9 Å². The number of nitrogens with zero attached hydrogens (tertiary/aromatic N) is 5. The first-order valence-corrected chi connectivity index (χ1v) is 10.2. The Morgan fingerprint density at radius 1 is 1.03 bits per heavy atom. The highest BCUT2D eigenvalue weighted by Gasteiger charge is 2.32. The molecule has 1 aliphatic heterocycles. The first kappa shape index (κ1) is 21.8. The topological polar surface area (TPSA) is 71.3 Å². The predicted molar refractivity (Wildman–Crippen MR) is 114 cm³/mol. The van der Waals surface area contributed by atoms with Gasteiger partial charge < -0.3 is 9.80 Å². The lowest BCUT2D eigenvalue weighted by Crippen LogP contribution is -2.48. The fourth-order valence-corrected chi connectivity index (χ4v) is 3.73. The van der Waals surface area contributed by atoms with Crippen LogP contribution >= 0.6 is 0 Å². The quantitative estimate of drug-likeness (QED) is 0.618. The van der Waals surface area contributed by atoms with Crippen LogP contribution in [0, 0.1) is 0 Å². The second kappa shape index (κ2) is 8.25. The van der Waals surface area contributed by atoms with E-state index in [2.05, 4.69) is 14.9 Å². The van der Waals surface area contributed by atoms with E-state index in [-0.39, 0.29) is 23.1 Å². The van der Waals surface area contributed by atoms with E-state index >= 15 is 0 Å². The maximum absolute atomic E-state index is 12.7. The van der Waals surface area contributed by atoms with Gasteiger partial charge in [0.1, 0.15) is 5.69 Å².